The first-order chi connectivity index (χ1) is 8.17. The Kier molecular flexibility index (Phi) is 5.84. The smallest absolute Gasteiger partial charge is 0.0345 e. The maximum Gasteiger partial charge on any atom is 0.0345 e. The molecule has 1 rings (SSSR count). The number of benzene rings is 1. The van der Waals surface area contributed by atoms with Crippen LogP contribution in [0.4, 0.5) is 11.4 Å². The van der Waals surface area contributed by atoms with Crippen molar-refractivity contribution in [1.82, 2.24) is 4.90 Å². The first-order valence-electron chi connectivity index (χ1n) is 6.49. The number of rotatable bonds is 7. The molecule has 17 heavy (non-hydrogen) atoms. The fourth-order valence-corrected chi connectivity index (χ4v) is 1.89. The van der Waals surface area contributed by atoms with Gasteiger partial charge in [-0.1, -0.05) is 13.8 Å². The number of nitrogen functional groups attached to an aromatic ring is 1. The van der Waals surface area contributed by atoms with E-state index in [2.05, 4.69) is 30.1 Å². The lowest BCUT2D eigenvalue weighted by molar-refractivity contribution is 0.300. The monoisotopic (exact) mass is 235 g/mol. The van der Waals surface area contributed by atoms with Crippen LogP contribution in [0.5, 0.6) is 0 Å². The van der Waals surface area contributed by atoms with Crippen LogP contribution in [-0.4, -0.2) is 31.1 Å². The van der Waals surface area contributed by atoms with E-state index in [1.165, 1.54) is 13.0 Å². The number of nitrogens with two attached hydrogens (primary N) is 1. The molecule has 3 heteroatoms. The molecule has 0 aliphatic heterocycles. The first-order valence-corrected chi connectivity index (χ1v) is 6.49. The highest BCUT2D eigenvalue weighted by Crippen LogP contribution is 2.16. The molecule has 0 spiro atoms. The van der Waals surface area contributed by atoms with Crippen molar-refractivity contribution in [3.63, 3.8) is 0 Å². The van der Waals surface area contributed by atoms with Crippen molar-refractivity contribution in [3.8, 4) is 0 Å². The van der Waals surface area contributed by atoms with Crippen LogP contribution in [-0.2, 0) is 0 Å². The van der Waals surface area contributed by atoms with Crippen LogP contribution in [0.25, 0.3) is 0 Å². The Bertz CT molecular complexity index is 336. The Morgan fingerprint density at radius 2 is 2.00 bits per heavy atom. The molecule has 96 valence electrons. The van der Waals surface area contributed by atoms with Crippen molar-refractivity contribution in [1.29, 1.82) is 0 Å². The van der Waals surface area contributed by atoms with Crippen LogP contribution in [0.2, 0.25) is 0 Å². The molecule has 0 aromatic heterocycles. The van der Waals surface area contributed by atoms with Crippen molar-refractivity contribution in [3.05, 3.63) is 23.8 Å². The predicted octanol–water partition coefficient (Wildman–Crippen LogP) is 2.72. The average Bonchev–Trinajstić information content (AvgIpc) is 2.32. The number of nitrogens with zero attached hydrogens (tertiary/aromatic N) is 1. The van der Waals surface area contributed by atoms with Crippen LogP contribution >= 0.6 is 0 Å². The van der Waals surface area contributed by atoms with Crippen LogP contribution in [0.15, 0.2) is 18.2 Å². The molecule has 0 heterocycles. The van der Waals surface area contributed by atoms with Gasteiger partial charge in [-0.25, -0.2) is 0 Å². The summed E-state index contributed by atoms with van der Waals surface area (Å²) in [5, 5.41) is 3.44. The zero-order valence-corrected chi connectivity index (χ0v) is 11.3. The Morgan fingerprint density at radius 1 is 1.24 bits per heavy atom. The number of hydrogen-bond donors (Lipinski definition) is 2. The Balaban J connectivity index is 2.37. The first kappa shape index (κ1) is 13.8. The van der Waals surface area contributed by atoms with Gasteiger partial charge in [0.05, 0.1) is 0 Å². The SMILES string of the molecule is CCCN(CC)CCNc1ccc(N)c(C)c1. The number of hydrogen-bond acceptors (Lipinski definition) is 3. The number of nitrogens with one attached hydrogen (secondary N) is 1. The molecule has 0 unspecified atom stereocenters. The molecule has 1 aromatic rings. The normalized spacial score (nSPS) is 10.8. The molecule has 0 fully saturated rings. The molecular formula is C14H25N3. The van der Waals surface area contributed by atoms with E-state index in [-0.39, 0.29) is 0 Å². The average molecular weight is 235 g/mol. The van der Waals surface area contributed by atoms with E-state index in [0.29, 0.717) is 0 Å². The summed E-state index contributed by atoms with van der Waals surface area (Å²) in [5.74, 6) is 0. The lowest BCUT2D eigenvalue weighted by Gasteiger charge is -2.20. The van der Waals surface area contributed by atoms with E-state index < -0.39 is 0 Å². The van der Waals surface area contributed by atoms with Gasteiger partial charge in [0.2, 0.25) is 0 Å². The molecule has 0 amide bonds. The molecule has 3 N–H and O–H groups in total. The van der Waals surface area contributed by atoms with Gasteiger partial charge in [0, 0.05) is 24.5 Å². The van der Waals surface area contributed by atoms with E-state index in [4.69, 9.17) is 5.73 Å². The van der Waals surface area contributed by atoms with E-state index in [9.17, 15) is 0 Å². The van der Waals surface area contributed by atoms with Crippen LogP contribution in [0.1, 0.15) is 25.8 Å². The van der Waals surface area contributed by atoms with Gasteiger partial charge < -0.3 is 16.0 Å². The van der Waals surface area contributed by atoms with Gasteiger partial charge in [0.25, 0.3) is 0 Å². The van der Waals surface area contributed by atoms with Crippen molar-refractivity contribution in [2.24, 2.45) is 0 Å². The largest absolute Gasteiger partial charge is 0.399 e. The molecule has 0 saturated heterocycles. The minimum atomic E-state index is 0.858. The Labute approximate surface area is 105 Å². The zero-order chi connectivity index (χ0) is 12.7. The molecular weight excluding hydrogens is 210 g/mol. The second-order valence-electron chi connectivity index (χ2n) is 4.43. The van der Waals surface area contributed by atoms with Gasteiger partial charge in [-0.3, -0.25) is 0 Å². The summed E-state index contributed by atoms with van der Waals surface area (Å²) in [6.07, 6.45) is 1.22. The highest BCUT2D eigenvalue weighted by molar-refractivity contribution is 5.56. The zero-order valence-electron chi connectivity index (χ0n) is 11.3. The lowest BCUT2D eigenvalue weighted by atomic mass is 10.2. The summed E-state index contributed by atoms with van der Waals surface area (Å²) in [7, 11) is 0. The van der Waals surface area contributed by atoms with Gasteiger partial charge in [-0.15, -0.1) is 0 Å². The molecule has 0 aliphatic carbocycles. The van der Waals surface area contributed by atoms with Gasteiger partial charge in [0.15, 0.2) is 0 Å². The topological polar surface area (TPSA) is 41.3 Å². The fourth-order valence-electron chi connectivity index (χ4n) is 1.89. The molecule has 0 bridgehead atoms. The summed E-state index contributed by atoms with van der Waals surface area (Å²) >= 11 is 0. The highest BCUT2D eigenvalue weighted by Gasteiger charge is 2.00. The van der Waals surface area contributed by atoms with E-state index >= 15 is 0 Å². The third-order valence-corrected chi connectivity index (χ3v) is 3.01. The van der Waals surface area contributed by atoms with Gasteiger partial charge in [0.1, 0.15) is 0 Å². The predicted molar refractivity (Wildman–Crippen MR) is 76.5 cm³/mol. The number of aryl methyl sites for hydroxylation is 1. The van der Waals surface area contributed by atoms with Crippen LogP contribution in [0.3, 0.4) is 0 Å². The molecule has 0 radical (unpaired) electrons. The summed E-state index contributed by atoms with van der Waals surface area (Å²) in [6, 6.07) is 6.10. The number of likely N-dealkylation sites (N-methyl/N-ethyl adjacent to an activating group) is 1. The summed E-state index contributed by atoms with van der Waals surface area (Å²) in [5.41, 5.74) is 8.94. The lowest BCUT2D eigenvalue weighted by Crippen LogP contribution is -2.29. The summed E-state index contributed by atoms with van der Waals surface area (Å²) in [4.78, 5) is 2.46. The standard InChI is InChI=1S/C14H25N3/c1-4-9-17(5-2)10-8-16-13-6-7-14(15)12(3)11-13/h6-7,11,16H,4-5,8-10,15H2,1-3H3. The third kappa shape index (κ3) is 4.65. The Hall–Kier alpha value is -1.22. The van der Waals surface area contributed by atoms with E-state index in [0.717, 1.165) is 36.6 Å². The molecule has 0 aliphatic rings. The number of anilines is 2. The third-order valence-electron chi connectivity index (χ3n) is 3.01. The molecule has 0 atom stereocenters. The van der Waals surface area contributed by atoms with Crippen molar-refractivity contribution >= 4 is 11.4 Å². The van der Waals surface area contributed by atoms with Gasteiger partial charge in [-0.2, -0.15) is 0 Å². The van der Waals surface area contributed by atoms with Gasteiger partial charge in [-0.05, 0) is 50.2 Å². The Morgan fingerprint density at radius 3 is 2.59 bits per heavy atom. The highest BCUT2D eigenvalue weighted by atomic mass is 15.1. The van der Waals surface area contributed by atoms with Crippen molar-refractivity contribution < 1.29 is 0 Å². The minimum Gasteiger partial charge on any atom is -0.399 e. The maximum absolute atomic E-state index is 5.79. The van der Waals surface area contributed by atoms with Crippen molar-refractivity contribution in [2.75, 3.05) is 37.2 Å². The van der Waals surface area contributed by atoms with E-state index in [1.54, 1.807) is 0 Å². The molecule has 1 aromatic carbocycles. The summed E-state index contributed by atoms with van der Waals surface area (Å²) < 4.78 is 0. The fraction of sp³-hybridized carbons (Fsp3) is 0.571. The quantitative estimate of drug-likeness (QED) is 0.714. The molecule has 0 saturated carbocycles. The van der Waals surface area contributed by atoms with Crippen LogP contribution in [0, 0.1) is 6.92 Å². The second kappa shape index (κ2) is 7.17. The van der Waals surface area contributed by atoms with Gasteiger partial charge >= 0.3 is 0 Å². The minimum absolute atomic E-state index is 0.858. The summed E-state index contributed by atoms with van der Waals surface area (Å²) in [6.45, 7) is 10.8. The maximum atomic E-state index is 5.79. The van der Waals surface area contributed by atoms with E-state index in [1.807, 2.05) is 19.1 Å². The van der Waals surface area contributed by atoms with Crippen LogP contribution < -0.4 is 11.1 Å². The second-order valence-corrected chi connectivity index (χ2v) is 4.43. The molecule has 3 nitrogen and oxygen atoms in total. The van der Waals surface area contributed by atoms with Crippen molar-refractivity contribution in [2.45, 2.75) is 27.2 Å².